The van der Waals surface area contributed by atoms with Gasteiger partial charge in [-0.25, -0.2) is 0 Å². The van der Waals surface area contributed by atoms with Crippen LogP contribution in [-0.2, 0) is 4.79 Å². The molecule has 26 heavy (non-hydrogen) atoms. The average molecular weight is 367 g/mol. The highest BCUT2D eigenvalue weighted by atomic mass is 32.2. The van der Waals surface area contributed by atoms with Gasteiger partial charge in [0.1, 0.15) is 5.75 Å². The lowest BCUT2D eigenvalue weighted by Gasteiger charge is -2.13. The monoisotopic (exact) mass is 367 g/mol. The number of phenolic OH excluding ortho intramolecular Hbond substituents is 1. The number of amides is 1. The quantitative estimate of drug-likeness (QED) is 0.586. The summed E-state index contributed by atoms with van der Waals surface area (Å²) in [6.07, 6.45) is 0. The van der Waals surface area contributed by atoms with Gasteiger partial charge >= 0.3 is 5.97 Å². The van der Waals surface area contributed by atoms with Gasteiger partial charge in [-0.05, 0) is 30.0 Å². The van der Waals surface area contributed by atoms with Crippen LogP contribution in [0.25, 0.3) is 10.8 Å². The summed E-state index contributed by atoms with van der Waals surface area (Å²) < 4.78 is 0. The molecule has 0 spiro atoms. The van der Waals surface area contributed by atoms with Crippen molar-refractivity contribution in [1.82, 2.24) is 0 Å². The molecule has 0 atom stereocenters. The van der Waals surface area contributed by atoms with Crippen LogP contribution in [-0.4, -0.2) is 27.8 Å². The molecular weight excluding hydrogens is 350 g/mol. The number of para-hydroxylation sites is 1. The Morgan fingerprint density at radius 2 is 1.69 bits per heavy atom. The molecule has 0 aliphatic carbocycles. The zero-order valence-electron chi connectivity index (χ0n) is 14.0. The number of carbonyl (C=O) groups is 2. The molecule has 0 saturated carbocycles. The maximum absolute atomic E-state index is 12.7. The summed E-state index contributed by atoms with van der Waals surface area (Å²) in [5.41, 5.74) is 1.67. The van der Waals surface area contributed by atoms with E-state index in [4.69, 9.17) is 5.11 Å². The minimum atomic E-state index is -0.946. The molecule has 6 heteroatoms. The smallest absolute Gasteiger partial charge is 0.313 e. The molecule has 3 N–H and O–H groups in total. The molecule has 0 saturated heterocycles. The van der Waals surface area contributed by atoms with E-state index < -0.39 is 11.9 Å². The Bertz CT molecular complexity index is 1000. The molecule has 3 aromatic rings. The molecule has 0 fully saturated rings. The summed E-state index contributed by atoms with van der Waals surface area (Å²) in [6.45, 7) is 1.88. The number of thioether (sulfide) groups is 1. The van der Waals surface area contributed by atoms with Gasteiger partial charge in [-0.3, -0.25) is 9.59 Å². The van der Waals surface area contributed by atoms with E-state index in [2.05, 4.69) is 5.32 Å². The zero-order chi connectivity index (χ0) is 18.7. The number of anilines is 1. The number of hydrogen-bond donors (Lipinski definition) is 3. The molecule has 5 nitrogen and oxygen atoms in total. The summed E-state index contributed by atoms with van der Waals surface area (Å²) in [5, 5.41) is 23.6. The predicted molar refractivity (Wildman–Crippen MR) is 103 cm³/mol. The maximum Gasteiger partial charge on any atom is 0.313 e. The first-order valence-corrected chi connectivity index (χ1v) is 8.92. The number of phenols is 1. The molecule has 0 radical (unpaired) electrons. The number of carboxylic acids is 1. The molecule has 0 heterocycles. The highest BCUT2D eigenvalue weighted by molar-refractivity contribution is 8.00. The fourth-order valence-electron chi connectivity index (χ4n) is 2.66. The third-order valence-corrected chi connectivity index (χ3v) is 5.01. The first kappa shape index (κ1) is 17.8. The largest absolute Gasteiger partial charge is 0.506 e. The standard InChI is InChI=1S/C20H17NO4S/c1-12-6-2-5-9-16(12)21-20(25)15-10-17(26-11-18(22)23)13-7-3-4-8-14(13)19(15)24/h2-10,24H,11H2,1H3,(H,21,25)(H,22,23). The topological polar surface area (TPSA) is 86.6 Å². The molecule has 3 rings (SSSR count). The number of benzene rings is 3. The summed E-state index contributed by atoms with van der Waals surface area (Å²) in [4.78, 5) is 24.3. The third-order valence-electron chi connectivity index (χ3n) is 3.97. The number of hydrogen-bond acceptors (Lipinski definition) is 4. The van der Waals surface area contributed by atoms with Crippen LogP contribution >= 0.6 is 11.8 Å². The van der Waals surface area contributed by atoms with Gasteiger partial charge in [-0.1, -0.05) is 42.5 Å². The molecule has 0 bridgehead atoms. The van der Waals surface area contributed by atoms with Gasteiger partial charge in [0.2, 0.25) is 0 Å². The number of fused-ring (bicyclic) bond motifs is 1. The lowest BCUT2D eigenvalue weighted by molar-refractivity contribution is -0.133. The first-order chi connectivity index (χ1) is 12.5. The van der Waals surface area contributed by atoms with Crippen LogP contribution in [0.3, 0.4) is 0 Å². The fourth-order valence-corrected chi connectivity index (χ4v) is 3.48. The minimum Gasteiger partial charge on any atom is -0.506 e. The maximum atomic E-state index is 12.7. The van der Waals surface area contributed by atoms with Gasteiger partial charge in [0.25, 0.3) is 5.91 Å². The van der Waals surface area contributed by atoms with Crippen molar-refractivity contribution in [2.75, 3.05) is 11.1 Å². The van der Waals surface area contributed by atoms with Crippen LogP contribution in [0.5, 0.6) is 5.75 Å². The molecule has 0 aromatic heterocycles. The van der Waals surface area contributed by atoms with E-state index >= 15 is 0 Å². The molecule has 0 unspecified atom stereocenters. The van der Waals surface area contributed by atoms with Gasteiger partial charge in [0, 0.05) is 16.0 Å². The number of carbonyl (C=O) groups excluding carboxylic acids is 1. The molecule has 0 aliphatic heterocycles. The zero-order valence-corrected chi connectivity index (χ0v) is 14.8. The number of aromatic hydroxyl groups is 1. The fraction of sp³-hybridized carbons (Fsp3) is 0.100. The van der Waals surface area contributed by atoms with Crippen molar-refractivity contribution in [3.05, 3.63) is 65.7 Å². The van der Waals surface area contributed by atoms with E-state index in [0.29, 0.717) is 21.4 Å². The lowest BCUT2D eigenvalue weighted by Crippen LogP contribution is -2.13. The predicted octanol–water partition coefficient (Wildman–Crippen LogP) is 4.28. The highest BCUT2D eigenvalue weighted by Crippen LogP contribution is 2.37. The summed E-state index contributed by atoms with van der Waals surface area (Å²) in [7, 11) is 0. The normalized spacial score (nSPS) is 10.7. The highest BCUT2D eigenvalue weighted by Gasteiger charge is 2.18. The van der Waals surface area contributed by atoms with Crippen molar-refractivity contribution in [2.45, 2.75) is 11.8 Å². The second kappa shape index (κ2) is 7.49. The van der Waals surface area contributed by atoms with Gasteiger partial charge in [-0.15, -0.1) is 11.8 Å². The van der Waals surface area contributed by atoms with Crippen molar-refractivity contribution in [3.8, 4) is 5.75 Å². The summed E-state index contributed by atoms with van der Waals surface area (Å²) in [6, 6.07) is 16.0. The Kier molecular flexibility index (Phi) is 5.14. The number of aliphatic carboxylic acids is 1. The number of carboxylic acid groups (broad SMARTS) is 1. The average Bonchev–Trinajstić information content (AvgIpc) is 2.63. The van der Waals surface area contributed by atoms with E-state index in [1.165, 1.54) is 0 Å². The van der Waals surface area contributed by atoms with Crippen LogP contribution < -0.4 is 5.32 Å². The van der Waals surface area contributed by atoms with E-state index in [1.807, 2.05) is 25.1 Å². The first-order valence-electron chi connectivity index (χ1n) is 7.93. The van der Waals surface area contributed by atoms with E-state index in [-0.39, 0.29) is 17.1 Å². The summed E-state index contributed by atoms with van der Waals surface area (Å²) in [5.74, 6) is -1.64. The van der Waals surface area contributed by atoms with Gasteiger partial charge in [-0.2, -0.15) is 0 Å². The van der Waals surface area contributed by atoms with Crippen molar-refractivity contribution in [2.24, 2.45) is 0 Å². The van der Waals surface area contributed by atoms with Gasteiger partial charge in [0.15, 0.2) is 0 Å². The molecule has 1 amide bonds. The molecular formula is C20H17NO4S. The lowest BCUT2D eigenvalue weighted by atomic mass is 10.0. The number of nitrogens with one attached hydrogen (secondary N) is 1. The van der Waals surface area contributed by atoms with Crippen LogP contribution in [0.1, 0.15) is 15.9 Å². The van der Waals surface area contributed by atoms with Crippen LogP contribution in [0.2, 0.25) is 0 Å². The Hall–Kier alpha value is -2.99. The molecule has 0 aliphatic rings. The van der Waals surface area contributed by atoms with Crippen molar-refractivity contribution >= 4 is 40.1 Å². The third kappa shape index (κ3) is 3.65. The number of rotatable bonds is 5. The van der Waals surface area contributed by atoms with Crippen molar-refractivity contribution in [3.63, 3.8) is 0 Å². The summed E-state index contributed by atoms with van der Waals surface area (Å²) >= 11 is 1.12. The molecule has 3 aromatic carbocycles. The molecule has 132 valence electrons. The van der Waals surface area contributed by atoms with Crippen molar-refractivity contribution in [1.29, 1.82) is 0 Å². The van der Waals surface area contributed by atoms with Crippen LogP contribution in [0.4, 0.5) is 5.69 Å². The Balaban J connectivity index is 2.04. The van der Waals surface area contributed by atoms with Crippen LogP contribution in [0.15, 0.2) is 59.5 Å². The van der Waals surface area contributed by atoms with Gasteiger partial charge < -0.3 is 15.5 Å². The minimum absolute atomic E-state index is 0.111. The van der Waals surface area contributed by atoms with E-state index in [9.17, 15) is 14.7 Å². The van der Waals surface area contributed by atoms with E-state index in [0.717, 1.165) is 17.3 Å². The Labute approximate surface area is 154 Å². The number of aryl methyl sites for hydroxylation is 1. The van der Waals surface area contributed by atoms with E-state index in [1.54, 1.807) is 36.4 Å². The Morgan fingerprint density at radius 1 is 1.04 bits per heavy atom. The van der Waals surface area contributed by atoms with Gasteiger partial charge in [0.05, 0.1) is 11.3 Å². The van der Waals surface area contributed by atoms with Crippen molar-refractivity contribution < 1.29 is 19.8 Å². The van der Waals surface area contributed by atoms with Crippen LogP contribution in [0, 0.1) is 6.92 Å². The SMILES string of the molecule is Cc1ccccc1NC(=O)c1cc(SCC(=O)O)c2ccccc2c1O. The Morgan fingerprint density at radius 3 is 2.38 bits per heavy atom. The second-order valence-corrected chi connectivity index (χ2v) is 6.79. The second-order valence-electron chi connectivity index (χ2n) is 5.77.